The zero-order valence-corrected chi connectivity index (χ0v) is 10.2. The van der Waals surface area contributed by atoms with Crippen molar-refractivity contribution in [1.82, 2.24) is 5.32 Å². The van der Waals surface area contributed by atoms with Crippen molar-refractivity contribution in [3.63, 3.8) is 0 Å². The van der Waals surface area contributed by atoms with E-state index in [1.54, 1.807) is 19.1 Å². The van der Waals surface area contributed by atoms with Gasteiger partial charge in [-0.3, -0.25) is 0 Å². The van der Waals surface area contributed by atoms with Crippen LogP contribution in [0.2, 0.25) is 0 Å². The number of hydrogen-bond acceptors (Lipinski definition) is 2. The molecule has 4 heteroatoms. The summed E-state index contributed by atoms with van der Waals surface area (Å²) in [4.78, 5) is 0. The molecule has 0 aliphatic rings. The van der Waals surface area contributed by atoms with Gasteiger partial charge in [-0.05, 0) is 18.9 Å². The van der Waals surface area contributed by atoms with Gasteiger partial charge < -0.3 is 10.4 Å². The highest BCUT2D eigenvalue weighted by Crippen LogP contribution is 2.18. The van der Waals surface area contributed by atoms with Crippen LogP contribution in [0.25, 0.3) is 0 Å². The predicted octanol–water partition coefficient (Wildman–Crippen LogP) is 2.87. The molecule has 0 aliphatic carbocycles. The molecule has 2 N–H and O–H groups in total. The van der Waals surface area contributed by atoms with Gasteiger partial charge in [0.2, 0.25) is 0 Å². The Morgan fingerprint density at radius 2 is 1.88 bits per heavy atom. The van der Waals surface area contributed by atoms with E-state index in [1.165, 1.54) is 12.1 Å². The Kier molecular flexibility index (Phi) is 5.02. The van der Waals surface area contributed by atoms with Crippen LogP contribution in [0.4, 0.5) is 8.78 Å². The number of aliphatic hydroxyl groups is 1. The minimum Gasteiger partial charge on any atom is -0.389 e. The van der Waals surface area contributed by atoms with Gasteiger partial charge in [-0.1, -0.05) is 31.2 Å². The molecule has 1 unspecified atom stereocenters. The molecule has 1 aromatic carbocycles. The van der Waals surface area contributed by atoms with E-state index < -0.39 is 12.0 Å². The molecular formula is C13H19F2NO. The highest BCUT2D eigenvalue weighted by atomic mass is 19.3. The molecule has 0 saturated carbocycles. The summed E-state index contributed by atoms with van der Waals surface area (Å²) in [6.45, 7) is 4.73. The maximum atomic E-state index is 12.3. The summed E-state index contributed by atoms with van der Waals surface area (Å²) in [5.74, 6) is 0. The second kappa shape index (κ2) is 6.07. The van der Waals surface area contributed by atoms with Gasteiger partial charge in [-0.25, -0.2) is 8.78 Å². The molecule has 1 aromatic rings. The van der Waals surface area contributed by atoms with Crippen molar-refractivity contribution < 1.29 is 13.9 Å². The minimum atomic E-state index is -2.42. The van der Waals surface area contributed by atoms with Gasteiger partial charge >= 0.3 is 0 Å². The Morgan fingerprint density at radius 3 is 2.35 bits per heavy atom. The SMILES string of the molecule is CCC(C)(O)CNCc1ccc(C(F)F)cc1. The van der Waals surface area contributed by atoms with E-state index in [4.69, 9.17) is 0 Å². The first-order valence-electron chi connectivity index (χ1n) is 5.74. The van der Waals surface area contributed by atoms with E-state index in [0.29, 0.717) is 19.5 Å². The zero-order chi connectivity index (χ0) is 12.9. The lowest BCUT2D eigenvalue weighted by Gasteiger charge is -2.21. The molecule has 0 aliphatic heterocycles. The molecule has 0 heterocycles. The number of rotatable bonds is 6. The van der Waals surface area contributed by atoms with E-state index in [-0.39, 0.29) is 5.56 Å². The molecule has 0 amide bonds. The van der Waals surface area contributed by atoms with Crippen molar-refractivity contribution in [3.8, 4) is 0 Å². The fourth-order valence-corrected chi connectivity index (χ4v) is 1.38. The van der Waals surface area contributed by atoms with Gasteiger partial charge in [0, 0.05) is 18.7 Å². The van der Waals surface area contributed by atoms with Crippen LogP contribution in [0.3, 0.4) is 0 Å². The smallest absolute Gasteiger partial charge is 0.263 e. The zero-order valence-electron chi connectivity index (χ0n) is 10.2. The molecule has 0 aromatic heterocycles. The van der Waals surface area contributed by atoms with Crippen molar-refractivity contribution in [2.45, 2.75) is 38.8 Å². The average Bonchev–Trinajstić information content (AvgIpc) is 2.29. The molecule has 0 saturated heterocycles. The largest absolute Gasteiger partial charge is 0.389 e. The summed E-state index contributed by atoms with van der Waals surface area (Å²) >= 11 is 0. The Labute approximate surface area is 101 Å². The molecule has 17 heavy (non-hydrogen) atoms. The van der Waals surface area contributed by atoms with Gasteiger partial charge in [-0.15, -0.1) is 0 Å². The lowest BCUT2D eigenvalue weighted by molar-refractivity contribution is 0.0555. The second-order valence-electron chi connectivity index (χ2n) is 4.50. The molecule has 0 fully saturated rings. The fourth-order valence-electron chi connectivity index (χ4n) is 1.38. The summed E-state index contributed by atoms with van der Waals surface area (Å²) in [7, 11) is 0. The third-order valence-corrected chi connectivity index (χ3v) is 2.83. The topological polar surface area (TPSA) is 32.3 Å². The van der Waals surface area contributed by atoms with Gasteiger partial charge in [-0.2, -0.15) is 0 Å². The van der Waals surface area contributed by atoms with E-state index in [1.807, 2.05) is 6.92 Å². The summed E-state index contributed by atoms with van der Waals surface area (Å²) in [5.41, 5.74) is 0.249. The maximum absolute atomic E-state index is 12.3. The third kappa shape index (κ3) is 4.79. The van der Waals surface area contributed by atoms with Crippen LogP contribution in [0.1, 0.15) is 37.8 Å². The predicted molar refractivity (Wildman–Crippen MR) is 64.0 cm³/mol. The molecule has 2 nitrogen and oxygen atoms in total. The van der Waals surface area contributed by atoms with E-state index in [0.717, 1.165) is 5.56 Å². The first-order valence-corrected chi connectivity index (χ1v) is 5.74. The summed E-state index contributed by atoms with van der Waals surface area (Å²) < 4.78 is 24.6. The highest BCUT2D eigenvalue weighted by molar-refractivity contribution is 5.23. The Bertz CT molecular complexity index is 336. The van der Waals surface area contributed by atoms with E-state index >= 15 is 0 Å². The van der Waals surface area contributed by atoms with E-state index in [2.05, 4.69) is 5.32 Å². The Balaban J connectivity index is 2.42. The third-order valence-electron chi connectivity index (χ3n) is 2.83. The van der Waals surface area contributed by atoms with E-state index in [9.17, 15) is 13.9 Å². The van der Waals surface area contributed by atoms with Crippen molar-refractivity contribution in [2.24, 2.45) is 0 Å². The average molecular weight is 243 g/mol. The standard InChI is InChI=1S/C13H19F2NO/c1-3-13(2,17)9-16-8-10-4-6-11(7-5-10)12(14)15/h4-7,12,16-17H,3,8-9H2,1-2H3. The number of hydrogen-bond donors (Lipinski definition) is 2. The van der Waals surface area contributed by atoms with Crippen LogP contribution < -0.4 is 5.32 Å². The molecule has 0 spiro atoms. The normalized spacial score (nSPS) is 14.9. The first-order chi connectivity index (χ1) is 7.94. The number of nitrogens with one attached hydrogen (secondary N) is 1. The molecular weight excluding hydrogens is 224 g/mol. The monoisotopic (exact) mass is 243 g/mol. The Morgan fingerprint density at radius 1 is 1.29 bits per heavy atom. The highest BCUT2D eigenvalue weighted by Gasteiger charge is 2.16. The van der Waals surface area contributed by atoms with Gasteiger partial charge in [0.15, 0.2) is 0 Å². The van der Waals surface area contributed by atoms with Crippen LogP contribution in [0.15, 0.2) is 24.3 Å². The van der Waals surface area contributed by atoms with Crippen molar-refractivity contribution in [3.05, 3.63) is 35.4 Å². The van der Waals surface area contributed by atoms with Crippen LogP contribution in [0.5, 0.6) is 0 Å². The second-order valence-corrected chi connectivity index (χ2v) is 4.50. The van der Waals surface area contributed by atoms with Crippen molar-refractivity contribution in [2.75, 3.05) is 6.54 Å². The minimum absolute atomic E-state index is 0.0364. The molecule has 0 bridgehead atoms. The molecule has 1 rings (SSSR count). The summed E-state index contributed by atoms with van der Waals surface area (Å²) in [5, 5.41) is 12.9. The summed E-state index contributed by atoms with van der Waals surface area (Å²) in [6, 6.07) is 6.21. The number of alkyl halides is 2. The first kappa shape index (κ1) is 14.1. The van der Waals surface area contributed by atoms with Crippen LogP contribution in [-0.2, 0) is 6.54 Å². The fraction of sp³-hybridized carbons (Fsp3) is 0.538. The summed E-state index contributed by atoms with van der Waals surface area (Å²) in [6.07, 6.45) is -1.75. The molecule has 1 atom stereocenters. The van der Waals surface area contributed by atoms with Crippen LogP contribution in [0, 0.1) is 0 Å². The van der Waals surface area contributed by atoms with Gasteiger partial charge in [0.1, 0.15) is 0 Å². The van der Waals surface area contributed by atoms with Crippen molar-refractivity contribution >= 4 is 0 Å². The van der Waals surface area contributed by atoms with Gasteiger partial charge in [0.05, 0.1) is 5.60 Å². The molecule has 0 radical (unpaired) electrons. The maximum Gasteiger partial charge on any atom is 0.263 e. The number of benzene rings is 1. The van der Waals surface area contributed by atoms with Crippen LogP contribution >= 0.6 is 0 Å². The molecule has 96 valence electrons. The lowest BCUT2D eigenvalue weighted by atomic mass is 10.0. The van der Waals surface area contributed by atoms with Gasteiger partial charge in [0.25, 0.3) is 6.43 Å². The quantitative estimate of drug-likeness (QED) is 0.805. The number of halogens is 2. The van der Waals surface area contributed by atoms with Crippen molar-refractivity contribution in [1.29, 1.82) is 0 Å². The lowest BCUT2D eigenvalue weighted by Crippen LogP contribution is -2.36. The Hall–Kier alpha value is -1.00. The van der Waals surface area contributed by atoms with Crippen LogP contribution in [-0.4, -0.2) is 17.3 Å².